The second kappa shape index (κ2) is 7.27. The molecule has 25 heavy (non-hydrogen) atoms. The summed E-state index contributed by atoms with van der Waals surface area (Å²) in [6, 6.07) is 17.8. The fourth-order valence-corrected chi connectivity index (χ4v) is 4.77. The van der Waals surface area contributed by atoms with Crippen LogP contribution in [0.1, 0.15) is 6.42 Å². The molecule has 0 saturated carbocycles. The van der Waals surface area contributed by atoms with Crippen LogP contribution < -0.4 is 5.32 Å². The summed E-state index contributed by atoms with van der Waals surface area (Å²) in [6.45, 7) is 0.151. The maximum atomic E-state index is 12.3. The molecule has 3 rings (SSSR count). The average Bonchev–Trinajstić information content (AvgIpc) is 3.00. The molecule has 1 atom stereocenters. The number of rotatable bonds is 5. The van der Waals surface area contributed by atoms with E-state index >= 15 is 0 Å². The minimum absolute atomic E-state index is 0.0704. The van der Waals surface area contributed by atoms with Crippen molar-refractivity contribution in [2.45, 2.75) is 12.5 Å². The van der Waals surface area contributed by atoms with Crippen LogP contribution in [0, 0.1) is 0 Å². The van der Waals surface area contributed by atoms with Crippen LogP contribution in [0.2, 0.25) is 0 Å². The van der Waals surface area contributed by atoms with E-state index in [2.05, 4.69) is 17.4 Å². The molecule has 0 aliphatic carbocycles. The molecule has 0 radical (unpaired) electrons. The molecule has 6 heteroatoms. The third-order valence-corrected chi connectivity index (χ3v) is 6.34. The van der Waals surface area contributed by atoms with E-state index in [4.69, 9.17) is 0 Å². The number of sulfone groups is 1. The summed E-state index contributed by atoms with van der Waals surface area (Å²) in [4.78, 5) is 13.8. The quantitative estimate of drug-likeness (QED) is 0.891. The van der Waals surface area contributed by atoms with Gasteiger partial charge in [0.15, 0.2) is 9.84 Å². The number of nitrogens with zero attached hydrogens (tertiary/aromatic N) is 1. The van der Waals surface area contributed by atoms with Gasteiger partial charge in [-0.2, -0.15) is 0 Å². The van der Waals surface area contributed by atoms with Gasteiger partial charge in [0.1, 0.15) is 0 Å². The number of benzene rings is 2. The summed E-state index contributed by atoms with van der Waals surface area (Å²) >= 11 is 0. The maximum Gasteiger partial charge on any atom is 0.241 e. The fourth-order valence-electron chi connectivity index (χ4n) is 3.00. The van der Waals surface area contributed by atoms with Gasteiger partial charge in [-0.15, -0.1) is 0 Å². The lowest BCUT2D eigenvalue weighted by molar-refractivity contribution is -0.129. The monoisotopic (exact) mass is 358 g/mol. The van der Waals surface area contributed by atoms with Crippen molar-refractivity contribution < 1.29 is 13.2 Å². The van der Waals surface area contributed by atoms with E-state index in [0.717, 1.165) is 16.8 Å². The molecule has 2 aromatic rings. The summed E-state index contributed by atoms with van der Waals surface area (Å²) in [7, 11) is -1.31. The minimum atomic E-state index is -2.99. The lowest BCUT2D eigenvalue weighted by Crippen LogP contribution is -2.40. The van der Waals surface area contributed by atoms with Crippen molar-refractivity contribution in [2.75, 3.05) is 30.4 Å². The Morgan fingerprint density at radius 1 is 1.08 bits per heavy atom. The van der Waals surface area contributed by atoms with Gasteiger partial charge in [0.2, 0.25) is 5.91 Å². The smallest absolute Gasteiger partial charge is 0.241 e. The van der Waals surface area contributed by atoms with Crippen molar-refractivity contribution in [3.63, 3.8) is 0 Å². The molecular weight excluding hydrogens is 336 g/mol. The Morgan fingerprint density at radius 3 is 2.32 bits per heavy atom. The molecule has 1 aliphatic heterocycles. The third-order valence-electron chi connectivity index (χ3n) is 4.59. The van der Waals surface area contributed by atoms with Crippen LogP contribution in [-0.2, 0) is 14.6 Å². The predicted octanol–water partition coefficient (Wildman–Crippen LogP) is 2.41. The van der Waals surface area contributed by atoms with E-state index in [0.29, 0.717) is 6.42 Å². The number of amides is 1. The van der Waals surface area contributed by atoms with Gasteiger partial charge in [0.25, 0.3) is 0 Å². The molecule has 1 heterocycles. The standard InChI is InChI=1S/C19H22N2O3S/c1-21(18-11-12-25(23,24)14-18)19(22)13-20-17-9-7-16(8-10-17)15-5-3-2-4-6-15/h2-10,18,20H,11-14H2,1H3/t18-/m1/s1. The minimum Gasteiger partial charge on any atom is -0.376 e. The second-order valence-corrected chi connectivity index (χ2v) is 8.59. The van der Waals surface area contributed by atoms with Gasteiger partial charge in [-0.1, -0.05) is 42.5 Å². The average molecular weight is 358 g/mol. The fraction of sp³-hybridized carbons (Fsp3) is 0.316. The normalized spacial score (nSPS) is 18.7. The Kier molecular flexibility index (Phi) is 5.08. The maximum absolute atomic E-state index is 12.3. The Hall–Kier alpha value is -2.34. The molecule has 1 amide bonds. The third kappa shape index (κ3) is 4.39. The highest BCUT2D eigenvalue weighted by molar-refractivity contribution is 7.91. The summed E-state index contributed by atoms with van der Waals surface area (Å²) in [5, 5.41) is 3.11. The summed E-state index contributed by atoms with van der Waals surface area (Å²) in [6.07, 6.45) is 0.524. The van der Waals surface area contributed by atoms with E-state index < -0.39 is 9.84 Å². The van der Waals surface area contributed by atoms with Crippen molar-refractivity contribution in [1.29, 1.82) is 0 Å². The number of anilines is 1. The van der Waals surface area contributed by atoms with E-state index in [1.807, 2.05) is 42.5 Å². The van der Waals surface area contributed by atoms with Gasteiger partial charge in [-0.05, 0) is 29.7 Å². The highest BCUT2D eigenvalue weighted by Gasteiger charge is 2.32. The first-order valence-electron chi connectivity index (χ1n) is 8.30. The van der Waals surface area contributed by atoms with Gasteiger partial charge < -0.3 is 10.2 Å². The molecule has 2 aromatic carbocycles. The number of hydrogen-bond donors (Lipinski definition) is 1. The van der Waals surface area contributed by atoms with Crippen LogP contribution in [0.4, 0.5) is 5.69 Å². The molecule has 1 fully saturated rings. The van der Waals surface area contributed by atoms with E-state index in [-0.39, 0.29) is 30.0 Å². The van der Waals surface area contributed by atoms with Gasteiger partial charge in [-0.3, -0.25) is 4.79 Å². The van der Waals surface area contributed by atoms with Crippen molar-refractivity contribution in [3.8, 4) is 11.1 Å². The van der Waals surface area contributed by atoms with Gasteiger partial charge >= 0.3 is 0 Å². The molecule has 1 aliphatic rings. The molecule has 5 nitrogen and oxygen atoms in total. The Bertz CT molecular complexity index is 833. The van der Waals surface area contributed by atoms with Gasteiger partial charge in [0, 0.05) is 18.8 Å². The highest BCUT2D eigenvalue weighted by atomic mass is 32.2. The molecule has 1 saturated heterocycles. The second-order valence-electron chi connectivity index (χ2n) is 6.36. The largest absolute Gasteiger partial charge is 0.376 e. The number of hydrogen-bond acceptors (Lipinski definition) is 4. The zero-order valence-corrected chi connectivity index (χ0v) is 15.0. The lowest BCUT2D eigenvalue weighted by Gasteiger charge is -2.23. The Balaban J connectivity index is 1.55. The number of likely N-dealkylation sites (N-methyl/N-ethyl adjacent to an activating group) is 1. The van der Waals surface area contributed by atoms with Crippen LogP contribution in [0.3, 0.4) is 0 Å². The predicted molar refractivity (Wildman–Crippen MR) is 100 cm³/mol. The molecule has 132 valence electrons. The number of carbonyl (C=O) groups excluding carboxylic acids is 1. The summed E-state index contributed by atoms with van der Waals surface area (Å²) < 4.78 is 23.1. The van der Waals surface area contributed by atoms with E-state index in [1.54, 1.807) is 11.9 Å². The molecule has 0 aromatic heterocycles. The molecule has 0 unspecified atom stereocenters. The zero-order valence-electron chi connectivity index (χ0n) is 14.2. The van der Waals surface area contributed by atoms with Crippen LogP contribution in [0.5, 0.6) is 0 Å². The lowest BCUT2D eigenvalue weighted by atomic mass is 10.1. The molecule has 0 bridgehead atoms. The van der Waals surface area contributed by atoms with Crippen LogP contribution >= 0.6 is 0 Å². The van der Waals surface area contributed by atoms with Crippen molar-refractivity contribution >= 4 is 21.4 Å². The first-order chi connectivity index (χ1) is 11.9. The summed E-state index contributed by atoms with van der Waals surface area (Å²) in [5.41, 5.74) is 3.12. The molecule has 1 N–H and O–H groups in total. The first kappa shape index (κ1) is 17.5. The zero-order chi connectivity index (χ0) is 17.9. The first-order valence-corrected chi connectivity index (χ1v) is 10.1. The van der Waals surface area contributed by atoms with Crippen molar-refractivity contribution in [1.82, 2.24) is 4.90 Å². The summed E-state index contributed by atoms with van der Waals surface area (Å²) in [5.74, 6) is 0.138. The van der Waals surface area contributed by atoms with Gasteiger partial charge in [-0.25, -0.2) is 8.42 Å². The highest BCUT2D eigenvalue weighted by Crippen LogP contribution is 2.21. The topological polar surface area (TPSA) is 66.5 Å². The van der Waals surface area contributed by atoms with Crippen molar-refractivity contribution in [2.24, 2.45) is 0 Å². The molecular formula is C19H22N2O3S. The van der Waals surface area contributed by atoms with E-state index in [9.17, 15) is 13.2 Å². The van der Waals surface area contributed by atoms with Gasteiger partial charge in [0.05, 0.1) is 18.1 Å². The molecule has 0 spiro atoms. The van der Waals surface area contributed by atoms with Crippen LogP contribution in [0.25, 0.3) is 11.1 Å². The Morgan fingerprint density at radius 2 is 1.72 bits per heavy atom. The van der Waals surface area contributed by atoms with Crippen LogP contribution in [-0.4, -0.2) is 50.4 Å². The van der Waals surface area contributed by atoms with Crippen LogP contribution in [0.15, 0.2) is 54.6 Å². The van der Waals surface area contributed by atoms with E-state index in [1.165, 1.54) is 0 Å². The van der Waals surface area contributed by atoms with Crippen molar-refractivity contribution in [3.05, 3.63) is 54.6 Å². The Labute approximate surface area is 148 Å². The number of carbonyl (C=O) groups is 1. The SMILES string of the molecule is CN(C(=O)CNc1ccc(-c2ccccc2)cc1)[C@@H]1CCS(=O)(=O)C1. The number of nitrogens with one attached hydrogen (secondary N) is 1.